The van der Waals surface area contributed by atoms with Gasteiger partial charge in [-0.05, 0) is 45.2 Å². The van der Waals surface area contributed by atoms with Crippen molar-refractivity contribution in [1.29, 1.82) is 0 Å². The summed E-state index contributed by atoms with van der Waals surface area (Å²) in [6.45, 7) is 13.0. The average molecular weight is 476 g/mol. The molecule has 4 aromatic rings. The second-order valence-electron chi connectivity index (χ2n) is 11.5. The Bertz CT molecular complexity index is 1300. The third-order valence-electron chi connectivity index (χ3n) is 6.67. The van der Waals surface area contributed by atoms with Crippen LogP contribution >= 0.6 is 0 Å². The highest BCUT2D eigenvalue weighted by Crippen LogP contribution is 2.39. The summed E-state index contributed by atoms with van der Waals surface area (Å²) in [6, 6.07) is 33.6. The SMILES string of the molecule is CC(C)(C)c1cc(/C=N/c2ccccc2C(c2ccccc2)c2ccccc2)c(O)c(C(C)(C)C)c1. The van der Waals surface area contributed by atoms with E-state index in [1.807, 2.05) is 24.4 Å². The number of hydrogen-bond donors (Lipinski definition) is 1. The molecule has 2 nitrogen and oxygen atoms in total. The van der Waals surface area contributed by atoms with Gasteiger partial charge in [0.2, 0.25) is 0 Å². The van der Waals surface area contributed by atoms with Gasteiger partial charge in [-0.2, -0.15) is 0 Å². The molecule has 0 radical (unpaired) electrons. The molecule has 4 rings (SSSR count). The predicted octanol–water partition coefficient (Wildman–Crippen LogP) is 8.92. The van der Waals surface area contributed by atoms with E-state index >= 15 is 0 Å². The minimum absolute atomic E-state index is 0.0418. The van der Waals surface area contributed by atoms with Crippen molar-refractivity contribution in [2.24, 2.45) is 4.99 Å². The molecular weight excluding hydrogens is 438 g/mol. The zero-order valence-electron chi connectivity index (χ0n) is 22.3. The third kappa shape index (κ3) is 5.60. The van der Waals surface area contributed by atoms with Gasteiger partial charge < -0.3 is 5.11 Å². The van der Waals surface area contributed by atoms with Crippen molar-refractivity contribution in [3.63, 3.8) is 0 Å². The van der Waals surface area contributed by atoms with Crippen molar-refractivity contribution < 1.29 is 5.11 Å². The Balaban J connectivity index is 1.85. The molecule has 0 unspecified atom stereocenters. The monoisotopic (exact) mass is 475 g/mol. The first kappa shape index (κ1) is 25.4. The fourth-order valence-electron chi connectivity index (χ4n) is 4.59. The van der Waals surface area contributed by atoms with Crippen LogP contribution in [0, 0.1) is 0 Å². The Hall–Kier alpha value is -3.65. The Morgan fingerprint density at radius 3 is 1.72 bits per heavy atom. The molecule has 4 aromatic carbocycles. The van der Waals surface area contributed by atoms with Crippen LogP contribution in [0.15, 0.2) is 102 Å². The Morgan fingerprint density at radius 2 is 1.19 bits per heavy atom. The fourth-order valence-corrected chi connectivity index (χ4v) is 4.59. The zero-order valence-corrected chi connectivity index (χ0v) is 22.3. The number of hydrogen-bond acceptors (Lipinski definition) is 2. The molecule has 0 aromatic heterocycles. The summed E-state index contributed by atoms with van der Waals surface area (Å²) in [5, 5.41) is 11.2. The molecule has 0 aliphatic heterocycles. The van der Waals surface area contributed by atoms with Crippen LogP contribution < -0.4 is 0 Å². The van der Waals surface area contributed by atoms with E-state index in [4.69, 9.17) is 4.99 Å². The second kappa shape index (κ2) is 10.1. The number of para-hydroxylation sites is 1. The summed E-state index contributed by atoms with van der Waals surface area (Å²) in [5.74, 6) is 0.361. The van der Waals surface area contributed by atoms with E-state index in [1.165, 1.54) is 16.7 Å². The van der Waals surface area contributed by atoms with E-state index in [1.54, 1.807) is 0 Å². The van der Waals surface area contributed by atoms with Crippen molar-refractivity contribution in [3.05, 3.63) is 130 Å². The average Bonchev–Trinajstić information content (AvgIpc) is 2.84. The third-order valence-corrected chi connectivity index (χ3v) is 6.67. The van der Waals surface area contributed by atoms with Gasteiger partial charge in [0.15, 0.2) is 0 Å². The van der Waals surface area contributed by atoms with E-state index in [0.717, 1.165) is 22.4 Å². The lowest BCUT2D eigenvalue weighted by atomic mass is 9.79. The van der Waals surface area contributed by atoms with Crippen LogP contribution in [0.4, 0.5) is 5.69 Å². The van der Waals surface area contributed by atoms with E-state index in [0.29, 0.717) is 5.75 Å². The molecule has 0 spiro atoms. The molecule has 2 heteroatoms. The van der Waals surface area contributed by atoms with Crippen LogP contribution in [-0.2, 0) is 10.8 Å². The van der Waals surface area contributed by atoms with Crippen LogP contribution in [0.3, 0.4) is 0 Å². The van der Waals surface area contributed by atoms with Crippen LogP contribution in [0.25, 0.3) is 0 Å². The van der Waals surface area contributed by atoms with Gasteiger partial charge >= 0.3 is 0 Å². The number of phenols is 1. The first-order valence-electron chi connectivity index (χ1n) is 12.7. The molecule has 0 saturated carbocycles. The fraction of sp³-hybridized carbons (Fsp3) is 0.265. The van der Waals surface area contributed by atoms with Crippen LogP contribution in [0.1, 0.15) is 80.8 Å². The highest BCUT2D eigenvalue weighted by molar-refractivity contribution is 5.87. The van der Waals surface area contributed by atoms with Gasteiger partial charge in [-0.1, -0.05) is 126 Å². The molecule has 0 aliphatic rings. The van der Waals surface area contributed by atoms with E-state index in [-0.39, 0.29) is 16.7 Å². The van der Waals surface area contributed by atoms with E-state index in [9.17, 15) is 5.11 Å². The maximum atomic E-state index is 11.2. The van der Waals surface area contributed by atoms with Crippen LogP contribution in [0.2, 0.25) is 0 Å². The minimum atomic E-state index is -0.183. The first-order valence-corrected chi connectivity index (χ1v) is 12.7. The molecule has 0 atom stereocenters. The standard InChI is InChI=1S/C34H37NO/c1-33(2,3)27-21-26(32(36)29(22-27)34(4,5)6)23-35-30-20-14-13-19-28(30)31(24-15-9-7-10-16-24)25-17-11-8-12-18-25/h7-23,31,36H,1-6H3/b35-23+. The molecule has 0 heterocycles. The predicted molar refractivity (Wildman–Crippen MR) is 153 cm³/mol. The van der Waals surface area contributed by atoms with Crippen molar-refractivity contribution in [1.82, 2.24) is 0 Å². The normalized spacial score (nSPS) is 12.4. The number of rotatable bonds is 5. The number of phenolic OH excluding ortho intramolecular Hbond substituents is 1. The van der Waals surface area contributed by atoms with Crippen molar-refractivity contribution in [2.45, 2.75) is 58.3 Å². The van der Waals surface area contributed by atoms with Gasteiger partial charge in [0.1, 0.15) is 5.75 Å². The largest absolute Gasteiger partial charge is 0.507 e. The summed E-state index contributed by atoms with van der Waals surface area (Å²) >= 11 is 0. The second-order valence-corrected chi connectivity index (χ2v) is 11.5. The van der Waals surface area contributed by atoms with Crippen LogP contribution in [0.5, 0.6) is 5.75 Å². The van der Waals surface area contributed by atoms with Crippen molar-refractivity contribution in [3.8, 4) is 5.75 Å². The molecule has 0 fully saturated rings. The molecule has 0 amide bonds. The van der Waals surface area contributed by atoms with Gasteiger partial charge in [0.25, 0.3) is 0 Å². The maximum Gasteiger partial charge on any atom is 0.128 e. The summed E-state index contributed by atoms with van der Waals surface area (Å²) in [4.78, 5) is 4.97. The molecule has 0 aliphatic carbocycles. The zero-order chi connectivity index (χ0) is 25.9. The summed E-state index contributed by atoms with van der Waals surface area (Å²) in [6.07, 6.45) is 1.83. The van der Waals surface area contributed by atoms with Gasteiger partial charge in [-0.15, -0.1) is 0 Å². The highest BCUT2D eigenvalue weighted by Gasteiger charge is 2.25. The number of aliphatic imine (C=N–C) groups is 1. The number of aromatic hydroxyl groups is 1. The lowest BCUT2D eigenvalue weighted by Crippen LogP contribution is -2.17. The first-order chi connectivity index (χ1) is 17.1. The molecule has 184 valence electrons. The number of benzene rings is 4. The molecule has 0 bridgehead atoms. The molecule has 0 saturated heterocycles. The summed E-state index contributed by atoms with van der Waals surface area (Å²) in [7, 11) is 0. The molecular formula is C34H37NO. The molecule has 1 N–H and O–H groups in total. The lowest BCUT2D eigenvalue weighted by molar-refractivity contribution is 0.444. The summed E-state index contributed by atoms with van der Waals surface area (Å²) < 4.78 is 0. The Morgan fingerprint density at radius 1 is 0.667 bits per heavy atom. The van der Waals surface area contributed by atoms with Crippen molar-refractivity contribution >= 4 is 11.9 Å². The lowest BCUT2D eigenvalue weighted by Gasteiger charge is -2.27. The highest BCUT2D eigenvalue weighted by atomic mass is 16.3. The van der Waals surface area contributed by atoms with Crippen molar-refractivity contribution in [2.75, 3.05) is 0 Å². The number of nitrogens with zero attached hydrogens (tertiary/aromatic N) is 1. The maximum absolute atomic E-state index is 11.2. The topological polar surface area (TPSA) is 32.6 Å². The van der Waals surface area contributed by atoms with Gasteiger partial charge in [-0.25, -0.2) is 0 Å². The Labute approximate surface area is 216 Å². The van der Waals surface area contributed by atoms with Crippen LogP contribution in [-0.4, -0.2) is 11.3 Å². The van der Waals surface area contributed by atoms with Gasteiger partial charge in [0, 0.05) is 23.3 Å². The molecule has 36 heavy (non-hydrogen) atoms. The summed E-state index contributed by atoms with van der Waals surface area (Å²) in [5.41, 5.74) is 7.12. The Kier molecular flexibility index (Phi) is 7.17. The van der Waals surface area contributed by atoms with E-state index in [2.05, 4.69) is 120 Å². The van der Waals surface area contributed by atoms with E-state index < -0.39 is 0 Å². The van der Waals surface area contributed by atoms with Gasteiger partial charge in [0.05, 0.1) is 5.69 Å². The quantitative estimate of drug-likeness (QED) is 0.227. The van der Waals surface area contributed by atoms with Gasteiger partial charge in [-0.3, -0.25) is 4.99 Å². The minimum Gasteiger partial charge on any atom is -0.507 e. The smallest absolute Gasteiger partial charge is 0.128 e.